The lowest BCUT2D eigenvalue weighted by atomic mass is 10.0. The normalized spacial score (nSPS) is 12.7. The van der Waals surface area contributed by atoms with E-state index in [0.717, 1.165) is 0 Å². The average Bonchev–Trinajstić information content (AvgIpc) is 2.63. The van der Waals surface area contributed by atoms with Crippen molar-refractivity contribution < 1.29 is 9.50 Å². The van der Waals surface area contributed by atoms with Crippen molar-refractivity contribution in [2.75, 3.05) is 0 Å². The maximum Gasteiger partial charge on any atom is 0.130 e. The third-order valence-electron chi connectivity index (χ3n) is 2.39. The summed E-state index contributed by atoms with van der Waals surface area (Å²) in [6.45, 7) is 0. The molecule has 1 aromatic carbocycles. The number of rotatable bonds is 3. The number of benzene rings is 1. The Morgan fingerprint density at radius 1 is 1.53 bits per heavy atom. The van der Waals surface area contributed by atoms with E-state index in [9.17, 15) is 9.50 Å². The van der Waals surface area contributed by atoms with E-state index in [4.69, 9.17) is 0 Å². The van der Waals surface area contributed by atoms with Gasteiger partial charge in [-0.3, -0.25) is 4.68 Å². The van der Waals surface area contributed by atoms with Gasteiger partial charge in [0.05, 0.1) is 11.8 Å². The van der Waals surface area contributed by atoms with E-state index < -0.39 is 11.9 Å². The summed E-state index contributed by atoms with van der Waals surface area (Å²) in [7, 11) is 1.74. The zero-order chi connectivity index (χ0) is 12.4. The molecule has 1 atom stereocenters. The molecule has 0 bridgehead atoms. The van der Waals surface area contributed by atoms with Gasteiger partial charge in [-0.25, -0.2) is 4.39 Å². The van der Waals surface area contributed by atoms with Crippen molar-refractivity contribution in [1.82, 2.24) is 15.0 Å². The van der Waals surface area contributed by atoms with Gasteiger partial charge in [-0.2, -0.15) is 0 Å². The van der Waals surface area contributed by atoms with Crippen molar-refractivity contribution in [3.8, 4) is 0 Å². The molecule has 0 saturated heterocycles. The summed E-state index contributed by atoms with van der Waals surface area (Å²) in [4.78, 5) is 0. The molecule has 6 heteroatoms. The minimum Gasteiger partial charge on any atom is -0.388 e. The van der Waals surface area contributed by atoms with Crippen molar-refractivity contribution in [2.45, 2.75) is 12.5 Å². The highest BCUT2D eigenvalue weighted by Gasteiger charge is 2.17. The van der Waals surface area contributed by atoms with Crippen molar-refractivity contribution in [3.63, 3.8) is 0 Å². The molecule has 1 heterocycles. The van der Waals surface area contributed by atoms with Gasteiger partial charge in [0.25, 0.3) is 0 Å². The molecule has 0 fully saturated rings. The highest BCUT2D eigenvalue weighted by atomic mass is 79.9. The van der Waals surface area contributed by atoms with Gasteiger partial charge >= 0.3 is 0 Å². The molecule has 2 aromatic rings. The monoisotopic (exact) mass is 299 g/mol. The third-order valence-corrected chi connectivity index (χ3v) is 3.08. The second-order valence-corrected chi connectivity index (χ2v) is 4.59. The maximum atomic E-state index is 13.6. The molecule has 0 aliphatic carbocycles. The molecular weight excluding hydrogens is 289 g/mol. The molecule has 0 aliphatic rings. The summed E-state index contributed by atoms with van der Waals surface area (Å²) in [5.41, 5.74) is 0.869. The minimum absolute atomic E-state index is 0.230. The Hall–Kier alpha value is -1.27. The van der Waals surface area contributed by atoms with Gasteiger partial charge in [0.2, 0.25) is 0 Å². The first-order valence-corrected chi connectivity index (χ1v) is 5.84. The second kappa shape index (κ2) is 4.93. The lowest BCUT2D eigenvalue weighted by Crippen LogP contribution is -2.05. The fourth-order valence-electron chi connectivity index (χ4n) is 1.62. The van der Waals surface area contributed by atoms with Gasteiger partial charge in [0.1, 0.15) is 5.82 Å². The Morgan fingerprint density at radius 3 is 2.88 bits per heavy atom. The van der Waals surface area contributed by atoms with Crippen LogP contribution in [0.4, 0.5) is 4.39 Å². The summed E-state index contributed by atoms with van der Waals surface area (Å²) in [5, 5.41) is 17.6. The molecule has 2 rings (SSSR count). The quantitative estimate of drug-likeness (QED) is 0.943. The van der Waals surface area contributed by atoms with Gasteiger partial charge in [-0.1, -0.05) is 27.2 Å². The summed E-state index contributed by atoms with van der Waals surface area (Å²) >= 11 is 3.23. The number of hydrogen-bond acceptors (Lipinski definition) is 3. The number of nitrogens with zero attached hydrogens (tertiary/aromatic N) is 3. The van der Waals surface area contributed by atoms with E-state index in [2.05, 4.69) is 26.2 Å². The first-order valence-electron chi connectivity index (χ1n) is 5.05. The van der Waals surface area contributed by atoms with Crippen LogP contribution < -0.4 is 0 Å². The lowest BCUT2D eigenvalue weighted by Gasteiger charge is -2.12. The van der Waals surface area contributed by atoms with Crippen molar-refractivity contribution in [1.29, 1.82) is 0 Å². The summed E-state index contributed by atoms with van der Waals surface area (Å²) in [5.74, 6) is -0.434. The van der Waals surface area contributed by atoms with E-state index >= 15 is 0 Å². The van der Waals surface area contributed by atoms with Crippen LogP contribution in [0.2, 0.25) is 0 Å². The predicted molar refractivity (Wildman–Crippen MR) is 63.8 cm³/mol. The Balaban J connectivity index is 2.22. The van der Waals surface area contributed by atoms with Crippen molar-refractivity contribution in [3.05, 3.63) is 45.9 Å². The lowest BCUT2D eigenvalue weighted by molar-refractivity contribution is 0.171. The van der Waals surface area contributed by atoms with E-state index in [1.807, 2.05) is 0 Å². The Kier molecular flexibility index (Phi) is 3.54. The van der Waals surface area contributed by atoms with Gasteiger partial charge in [0.15, 0.2) is 0 Å². The van der Waals surface area contributed by atoms with Crippen molar-refractivity contribution in [2.24, 2.45) is 7.05 Å². The molecule has 1 unspecified atom stereocenters. The predicted octanol–water partition coefficient (Wildman–Crippen LogP) is 1.99. The SMILES string of the molecule is Cn1cc(CC(O)c2c(F)cccc2Br)nn1. The average molecular weight is 300 g/mol. The molecule has 1 N–H and O–H groups in total. The van der Waals surface area contributed by atoms with Gasteiger partial charge < -0.3 is 5.11 Å². The number of hydrogen-bond donors (Lipinski definition) is 1. The maximum absolute atomic E-state index is 13.6. The van der Waals surface area contributed by atoms with Crippen LogP contribution in [-0.2, 0) is 13.5 Å². The van der Waals surface area contributed by atoms with Gasteiger partial charge in [-0.15, -0.1) is 5.10 Å². The molecule has 1 aromatic heterocycles. The number of aryl methyl sites for hydroxylation is 1. The molecule has 90 valence electrons. The third kappa shape index (κ3) is 2.70. The largest absolute Gasteiger partial charge is 0.388 e. The van der Waals surface area contributed by atoms with Crippen LogP contribution in [0.5, 0.6) is 0 Å². The molecule has 0 spiro atoms. The molecule has 0 radical (unpaired) electrons. The second-order valence-electron chi connectivity index (χ2n) is 3.74. The minimum atomic E-state index is -0.942. The van der Waals surface area contributed by atoms with Gasteiger partial charge in [0, 0.05) is 29.7 Å². The number of halogens is 2. The zero-order valence-electron chi connectivity index (χ0n) is 9.14. The Morgan fingerprint density at radius 2 is 2.29 bits per heavy atom. The topological polar surface area (TPSA) is 50.9 Å². The Bertz CT molecular complexity index is 509. The first kappa shape index (κ1) is 12.2. The van der Waals surface area contributed by atoms with E-state index in [1.54, 1.807) is 30.1 Å². The van der Waals surface area contributed by atoms with Crippen LogP contribution in [0.25, 0.3) is 0 Å². The summed E-state index contributed by atoms with van der Waals surface area (Å²) < 4.78 is 15.7. The molecule has 0 amide bonds. The number of aliphatic hydroxyl groups excluding tert-OH is 1. The van der Waals surface area contributed by atoms with E-state index in [1.165, 1.54) is 6.07 Å². The fourth-order valence-corrected chi connectivity index (χ4v) is 2.22. The van der Waals surface area contributed by atoms with Crippen LogP contribution in [0.3, 0.4) is 0 Å². The molecular formula is C11H11BrFN3O. The highest BCUT2D eigenvalue weighted by molar-refractivity contribution is 9.10. The summed E-state index contributed by atoms with van der Waals surface area (Å²) in [6, 6.07) is 4.59. The summed E-state index contributed by atoms with van der Waals surface area (Å²) in [6.07, 6.45) is 0.980. The number of aromatic nitrogens is 3. The highest BCUT2D eigenvalue weighted by Crippen LogP contribution is 2.27. The fraction of sp³-hybridized carbons (Fsp3) is 0.273. The van der Waals surface area contributed by atoms with Crippen LogP contribution in [0.15, 0.2) is 28.9 Å². The standard InChI is InChI=1S/C11H11BrFN3O/c1-16-6-7(14-15-16)5-10(17)11-8(12)3-2-4-9(11)13/h2-4,6,10,17H,5H2,1H3. The zero-order valence-corrected chi connectivity index (χ0v) is 10.7. The smallest absolute Gasteiger partial charge is 0.130 e. The molecule has 4 nitrogen and oxygen atoms in total. The van der Waals surface area contributed by atoms with Gasteiger partial charge in [-0.05, 0) is 12.1 Å². The molecule has 0 saturated carbocycles. The number of aliphatic hydroxyl groups is 1. The van der Waals surface area contributed by atoms with E-state index in [0.29, 0.717) is 10.2 Å². The molecule has 0 aliphatic heterocycles. The van der Waals surface area contributed by atoms with E-state index in [-0.39, 0.29) is 12.0 Å². The van der Waals surface area contributed by atoms with Crippen LogP contribution >= 0.6 is 15.9 Å². The molecule has 17 heavy (non-hydrogen) atoms. The van der Waals surface area contributed by atoms with Crippen LogP contribution in [0.1, 0.15) is 17.4 Å². The Labute approximate surface area is 106 Å². The van der Waals surface area contributed by atoms with Crippen LogP contribution in [0, 0.1) is 5.82 Å². The first-order chi connectivity index (χ1) is 8.08. The van der Waals surface area contributed by atoms with Crippen molar-refractivity contribution >= 4 is 15.9 Å². The van der Waals surface area contributed by atoms with Crippen LogP contribution in [-0.4, -0.2) is 20.1 Å².